The number of rotatable bonds is 5. The molecule has 0 bridgehead atoms. The van der Waals surface area contributed by atoms with Gasteiger partial charge in [0.15, 0.2) is 4.77 Å². The summed E-state index contributed by atoms with van der Waals surface area (Å²) >= 11 is 4.68. The van der Waals surface area contributed by atoms with E-state index in [2.05, 4.69) is 27.2 Å². The summed E-state index contributed by atoms with van der Waals surface area (Å²) in [7, 11) is 1.61. The summed E-state index contributed by atoms with van der Waals surface area (Å²) in [5.74, 6) is -0.274. The predicted molar refractivity (Wildman–Crippen MR) is 62.9 cm³/mol. The number of aliphatic imine (C=N–C) groups is 1. The van der Waals surface area contributed by atoms with Crippen LogP contribution in [-0.2, 0) is 4.74 Å². The molecule has 1 aromatic heterocycles. The van der Waals surface area contributed by atoms with Crippen LogP contribution in [0.5, 0.6) is 5.88 Å². The van der Waals surface area contributed by atoms with Gasteiger partial charge in [0.2, 0.25) is 5.88 Å². The highest BCUT2D eigenvalue weighted by Crippen LogP contribution is 2.03. The molecule has 88 valence electrons. The first-order valence-corrected chi connectivity index (χ1v) is 5.10. The Bertz CT molecular complexity index is 478. The molecule has 0 fully saturated rings. The lowest BCUT2D eigenvalue weighted by atomic mass is 10.3. The number of hydrogen-bond donors (Lipinski definition) is 3. The molecular formula is C9H13N3O3S. The van der Waals surface area contributed by atoms with Gasteiger partial charge in [-0.05, 0) is 18.6 Å². The summed E-state index contributed by atoms with van der Waals surface area (Å²) in [4.78, 5) is 20.1. The highest BCUT2D eigenvalue weighted by Gasteiger charge is 2.03. The zero-order chi connectivity index (χ0) is 12.0. The third kappa shape index (κ3) is 3.59. The van der Waals surface area contributed by atoms with Crippen LogP contribution in [0.25, 0.3) is 0 Å². The van der Waals surface area contributed by atoms with E-state index in [1.54, 1.807) is 7.11 Å². The molecule has 1 aromatic rings. The monoisotopic (exact) mass is 243 g/mol. The molecule has 3 N–H and O–H groups in total. The number of nitrogens with zero attached hydrogens (tertiary/aromatic N) is 1. The van der Waals surface area contributed by atoms with E-state index >= 15 is 0 Å². The summed E-state index contributed by atoms with van der Waals surface area (Å²) in [5, 5.41) is 9.42. The molecule has 16 heavy (non-hydrogen) atoms. The molecule has 0 amide bonds. The molecule has 0 radical (unpaired) electrons. The lowest BCUT2D eigenvalue weighted by Gasteiger charge is -1.97. The number of aromatic amines is 2. The maximum Gasteiger partial charge on any atom is 0.264 e. The first kappa shape index (κ1) is 12.6. The maximum atomic E-state index is 11.4. The van der Waals surface area contributed by atoms with Crippen molar-refractivity contribution in [3.8, 4) is 5.88 Å². The van der Waals surface area contributed by atoms with E-state index in [0.717, 1.165) is 6.42 Å². The zero-order valence-electron chi connectivity index (χ0n) is 8.82. The number of aromatic hydroxyl groups is 1. The third-order valence-electron chi connectivity index (χ3n) is 1.81. The summed E-state index contributed by atoms with van der Waals surface area (Å²) in [6.07, 6.45) is 2.07. The Morgan fingerprint density at radius 3 is 2.94 bits per heavy atom. The van der Waals surface area contributed by atoms with Crippen molar-refractivity contribution in [2.45, 2.75) is 6.42 Å². The van der Waals surface area contributed by atoms with Crippen LogP contribution in [0.15, 0.2) is 9.79 Å². The molecule has 6 nitrogen and oxygen atoms in total. The maximum absolute atomic E-state index is 11.4. The third-order valence-corrected chi connectivity index (χ3v) is 2.02. The van der Waals surface area contributed by atoms with Crippen molar-refractivity contribution in [1.82, 2.24) is 9.97 Å². The van der Waals surface area contributed by atoms with Crippen molar-refractivity contribution in [1.29, 1.82) is 0 Å². The van der Waals surface area contributed by atoms with Gasteiger partial charge in [0.1, 0.15) is 5.56 Å². The van der Waals surface area contributed by atoms with E-state index in [9.17, 15) is 9.90 Å². The van der Waals surface area contributed by atoms with Crippen molar-refractivity contribution >= 4 is 18.4 Å². The van der Waals surface area contributed by atoms with Crippen molar-refractivity contribution in [3.63, 3.8) is 0 Å². The molecule has 1 rings (SSSR count). The average Bonchev–Trinajstić information content (AvgIpc) is 2.20. The minimum Gasteiger partial charge on any atom is -0.494 e. The van der Waals surface area contributed by atoms with E-state index in [1.165, 1.54) is 6.21 Å². The molecule has 0 aliphatic rings. The van der Waals surface area contributed by atoms with Crippen LogP contribution in [0, 0.1) is 4.77 Å². The van der Waals surface area contributed by atoms with Crippen LogP contribution in [0.3, 0.4) is 0 Å². The molecule has 0 spiro atoms. The van der Waals surface area contributed by atoms with E-state index in [0.29, 0.717) is 13.2 Å². The van der Waals surface area contributed by atoms with Gasteiger partial charge in [-0.25, -0.2) is 0 Å². The quantitative estimate of drug-likeness (QED) is 0.401. The van der Waals surface area contributed by atoms with Gasteiger partial charge in [-0.15, -0.1) is 0 Å². The van der Waals surface area contributed by atoms with E-state index < -0.39 is 5.56 Å². The Kier molecular flexibility index (Phi) is 4.87. The van der Waals surface area contributed by atoms with Crippen LogP contribution in [0.2, 0.25) is 0 Å². The number of methoxy groups -OCH3 is 1. The average molecular weight is 243 g/mol. The molecular weight excluding hydrogens is 230 g/mol. The number of hydrogen-bond acceptors (Lipinski definition) is 5. The fourth-order valence-electron chi connectivity index (χ4n) is 1.06. The molecule has 0 saturated carbocycles. The number of ether oxygens (including phenoxy) is 1. The van der Waals surface area contributed by atoms with Gasteiger partial charge in [0.25, 0.3) is 5.56 Å². The molecule has 7 heteroatoms. The highest BCUT2D eigenvalue weighted by atomic mass is 32.1. The van der Waals surface area contributed by atoms with Gasteiger partial charge in [-0.2, -0.15) is 0 Å². The Morgan fingerprint density at radius 1 is 1.56 bits per heavy atom. The molecule has 1 heterocycles. The van der Waals surface area contributed by atoms with Crippen LogP contribution >= 0.6 is 12.2 Å². The van der Waals surface area contributed by atoms with Gasteiger partial charge in [-0.3, -0.25) is 14.8 Å². The second-order valence-electron chi connectivity index (χ2n) is 3.05. The second kappa shape index (κ2) is 6.19. The van der Waals surface area contributed by atoms with Crippen molar-refractivity contribution in [3.05, 3.63) is 20.7 Å². The number of H-pyrrole nitrogens is 2. The summed E-state index contributed by atoms with van der Waals surface area (Å²) in [5.41, 5.74) is -0.386. The predicted octanol–water partition coefficient (Wildman–Crippen LogP) is 0.593. The van der Waals surface area contributed by atoms with E-state index in [1.807, 2.05) is 0 Å². The van der Waals surface area contributed by atoms with Gasteiger partial charge in [-0.1, -0.05) is 0 Å². The fraction of sp³-hybridized carbons (Fsp3) is 0.444. The smallest absolute Gasteiger partial charge is 0.264 e. The van der Waals surface area contributed by atoms with Crippen molar-refractivity contribution in [2.75, 3.05) is 20.3 Å². The van der Waals surface area contributed by atoms with Gasteiger partial charge < -0.3 is 14.8 Å². The Labute approximate surface area is 97.0 Å². The first-order valence-electron chi connectivity index (χ1n) is 4.69. The molecule has 0 saturated heterocycles. The standard InChI is InChI=1S/C9H13N3O3S/c1-15-4-2-3-10-5-6-7(13)11-9(16)12-8(6)14/h5H,2-4H2,1H3,(H3,11,12,13,14,16). The fourth-order valence-corrected chi connectivity index (χ4v) is 1.25. The Hall–Kier alpha value is -1.47. The van der Waals surface area contributed by atoms with E-state index in [-0.39, 0.29) is 16.2 Å². The first-order chi connectivity index (χ1) is 7.65. The number of aromatic nitrogens is 2. The minimum atomic E-state index is -0.461. The second-order valence-corrected chi connectivity index (χ2v) is 3.46. The summed E-state index contributed by atoms with van der Waals surface area (Å²) < 4.78 is 4.93. The molecule has 0 aliphatic heterocycles. The van der Waals surface area contributed by atoms with Gasteiger partial charge in [0.05, 0.1) is 0 Å². The highest BCUT2D eigenvalue weighted by molar-refractivity contribution is 7.71. The van der Waals surface area contributed by atoms with Crippen molar-refractivity contribution in [2.24, 2.45) is 4.99 Å². The summed E-state index contributed by atoms with van der Waals surface area (Å²) in [6, 6.07) is 0. The van der Waals surface area contributed by atoms with Crippen LogP contribution in [0.4, 0.5) is 0 Å². The largest absolute Gasteiger partial charge is 0.494 e. The topological polar surface area (TPSA) is 90.5 Å². The zero-order valence-corrected chi connectivity index (χ0v) is 9.63. The Balaban J connectivity index is 2.74. The molecule has 0 atom stereocenters. The SMILES string of the molecule is COCCCN=Cc1c(O)[nH]c(=S)[nH]c1=O. The van der Waals surface area contributed by atoms with Gasteiger partial charge in [0, 0.05) is 26.5 Å². The van der Waals surface area contributed by atoms with Crippen LogP contribution in [0.1, 0.15) is 12.0 Å². The lowest BCUT2D eigenvalue weighted by Crippen LogP contribution is -2.13. The van der Waals surface area contributed by atoms with Crippen molar-refractivity contribution < 1.29 is 9.84 Å². The number of nitrogens with one attached hydrogen (secondary N) is 2. The van der Waals surface area contributed by atoms with Crippen LogP contribution in [-0.4, -0.2) is 41.6 Å². The normalized spacial score (nSPS) is 11.1. The van der Waals surface area contributed by atoms with Crippen LogP contribution < -0.4 is 5.56 Å². The summed E-state index contributed by atoms with van der Waals surface area (Å²) in [6.45, 7) is 1.14. The molecule has 0 aliphatic carbocycles. The minimum absolute atomic E-state index is 0.0750. The molecule has 0 aromatic carbocycles. The van der Waals surface area contributed by atoms with E-state index in [4.69, 9.17) is 4.74 Å². The lowest BCUT2D eigenvalue weighted by molar-refractivity contribution is 0.197. The molecule has 0 unspecified atom stereocenters. The Morgan fingerprint density at radius 2 is 2.31 bits per heavy atom. The van der Waals surface area contributed by atoms with Gasteiger partial charge >= 0.3 is 0 Å².